The van der Waals surface area contributed by atoms with Gasteiger partial charge >= 0.3 is 5.97 Å². The Balaban J connectivity index is 2.32. The van der Waals surface area contributed by atoms with Crippen molar-refractivity contribution in [1.82, 2.24) is 4.98 Å². The largest absolute Gasteiger partial charge is 0.462 e. The molecule has 0 unspecified atom stereocenters. The summed E-state index contributed by atoms with van der Waals surface area (Å²) in [6, 6.07) is 0. The van der Waals surface area contributed by atoms with Crippen LogP contribution in [0.2, 0.25) is 0 Å². The van der Waals surface area contributed by atoms with Crippen molar-refractivity contribution in [2.24, 2.45) is 5.41 Å². The molecule has 0 saturated carbocycles. The quantitative estimate of drug-likeness (QED) is 0.774. The zero-order valence-electron chi connectivity index (χ0n) is 16.7. The standard InChI is InChI=1S/C22H31NO3/c1-6-26-21(25)19-17(14-9-7-8-10-14)18-15(23-20(19)13(2)3)11-22(4,5)12-16(18)24/h9,13,16,24H,6-8,10-12H2,1-5H3/t16-/m0/s1. The molecule has 1 heterocycles. The van der Waals surface area contributed by atoms with Gasteiger partial charge in [-0.2, -0.15) is 0 Å². The van der Waals surface area contributed by atoms with Gasteiger partial charge in [0.05, 0.1) is 24.0 Å². The lowest BCUT2D eigenvalue weighted by Crippen LogP contribution is -2.30. The molecular formula is C22H31NO3. The van der Waals surface area contributed by atoms with Gasteiger partial charge in [-0.3, -0.25) is 4.98 Å². The minimum absolute atomic E-state index is 0.000434. The third-order valence-electron chi connectivity index (χ3n) is 5.46. The molecule has 2 aliphatic carbocycles. The maximum Gasteiger partial charge on any atom is 0.340 e. The molecule has 0 spiro atoms. The number of nitrogens with zero attached hydrogens (tertiary/aromatic N) is 1. The van der Waals surface area contributed by atoms with Crippen LogP contribution in [0.4, 0.5) is 0 Å². The Morgan fingerprint density at radius 2 is 2.15 bits per heavy atom. The molecule has 4 nitrogen and oxygen atoms in total. The summed E-state index contributed by atoms with van der Waals surface area (Å²) in [6.07, 6.45) is 6.19. The average molecular weight is 357 g/mol. The Morgan fingerprint density at radius 1 is 1.42 bits per heavy atom. The van der Waals surface area contributed by atoms with E-state index in [0.29, 0.717) is 18.6 Å². The Kier molecular flexibility index (Phi) is 5.25. The fourth-order valence-corrected chi connectivity index (χ4v) is 4.37. The molecule has 1 N–H and O–H groups in total. The second-order valence-corrected chi connectivity index (χ2v) is 8.67. The lowest BCUT2D eigenvalue weighted by Gasteiger charge is -2.36. The number of carbonyl (C=O) groups is 1. The molecule has 2 aliphatic rings. The molecule has 1 aromatic rings. The van der Waals surface area contributed by atoms with Crippen molar-refractivity contribution in [2.75, 3.05) is 6.61 Å². The van der Waals surface area contributed by atoms with Gasteiger partial charge in [-0.1, -0.05) is 33.8 Å². The summed E-state index contributed by atoms with van der Waals surface area (Å²) in [5.74, 6) is -0.200. The van der Waals surface area contributed by atoms with Gasteiger partial charge < -0.3 is 9.84 Å². The molecule has 4 heteroatoms. The zero-order chi connectivity index (χ0) is 19.1. The van der Waals surface area contributed by atoms with Gasteiger partial charge in [-0.25, -0.2) is 4.79 Å². The molecule has 0 bridgehead atoms. The number of pyridine rings is 1. The molecule has 1 atom stereocenters. The van der Waals surface area contributed by atoms with Gasteiger partial charge in [0.2, 0.25) is 0 Å². The van der Waals surface area contributed by atoms with Gasteiger partial charge in [0, 0.05) is 16.8 Å². The normalized spacial score (nSPS) is 21.5. The number of esters is 1. The summed E-state index contributed by atoms with van der Waals surface area (Å²) in [5, 5.41) is 11.0. The molecule has 1 aromatic heterocycles. The SMILES string of the molecule is CCOC(=O)c1c(C(C)C)nc2c(c1C1=CCCC1)[C@@H](O)CC(C)(C)C2. The maximum atomic E-state index is 12.9. The van der Waals surface area contributed by atoms with Crippen LogP contribution in [0.3, 0.4) is 0 Å². The van der Waals surface area contributed by atoms with E-state index < -0.39 is 6.10 Å². The number of aliphatic hydroxyl groups is 1. The van der Waals surface area contributed by atoms with E-state index in [1.807, 2.05) is 6.92 Å². The van der Waals surface area contributed by atoms with Crippen molar-refractivity contribution in [3.05, 3.63) is 34.2 Å². The van der Waals surface area contributed by atoms with Crippen LogP contribution in [0.1, 0.15) is 105 Å². The van der Waals surface area contributed by atoms with Crippen LogP contribution in [-0.4, -0.2) is 22.7 Å². The minimum atomic E-state index is -0.591. The van der Waals surface area contributed by atoms with Gasteiger partial charge in [0.15, 0.2) is 0 Å². The summed E-state index contributed by atoms with van der Waals surface area (Å²) in [4.78, 5) is 17.8. The smallest absolute Gasteiger partial charge is 0.340 e. The van der Waals surface area contributed by atoms with Gasteiger partial charge in [0.25, 0.3) is 0 Å². The fraction of sp³-hybridized carbons (Fsp3) is 0.636. The van der Waals surface area contributed by atoms with Gasteiger partial charge in [-0.15, -0.1) is 0 Å². The van der Waals surface area contributed by atoms with E-state index in [-0.39, 0.29) is 17.3 Å². The predicted molar refractivity (Wildman–Crippen MR) is 103 cm³/mol. The van der Waals surface area contributed by atoms with Crippen molar-refractivity contribution in [1.29, 1.82) is 0 Å². The number of hydrogen-bond donors (Lipinski definition) is 1. The highest BCUT2D eigenvalue weighted by Crippen LogP contribution is 2.46. The van der Waals surface area contributed by atoms with Crippen LogP contribution in [0, 0.1) is 5.41 Å². The summed E-state index contributed by atoms with van der Waals surface area (Å²) in [5.41, 5.74) is 5.28. The van der Waals surface area contributed by atoms with Crippen LogP contribution < -0.4 is 0 Å². The number of hydrogen-bond acceptors (Lipinski definition) is 4. The monoisotopic (exact) mass is 357 g/mol. The van der Waals surface area contributed by atoms with E-state index in [0.717, 1.165) is 48.2 Å². The number of allylic oxidation sites excluding steroid dienone is 2. The second-order valence-electron chi connectivity index (χ2n) is 8.67. The summed E-state index contributed by atoms with van der Waals surface area (Å²) in [6.45, 7) is 10.6. The molecule has 0 saturated heterocycles. The van der Waals surface area contributed by atoms with Crippen LogP contribution >= 0.6 is 0 Å². The Labute approximate surface area is 156 Å². The molecule has 0 radical (unpaired) electrons. The Morgan fingerprint density at radius 3 is 2.73 bits per heavy atom. The van der Waals surface area contributed by atoms with E-state index >= 15 is 0 Å². The number of aliphatic hydroxyl groups excluding tert-OH is 1. The highest BCUT2D eigenvalue weighted by atomic mass is 16.5. The van der Waals surface area contributed by atoms with E-state index in [2.05, 4.69) is 33.8 Å². The van der Waals surface area contributed by atoms with Gasteiger partial charge in [0.1, 0.15) is 0 Å². The van der Waals surface area contributed by atoms with Crippen LogP contribution in [-0.2, 0) is 11.2 Å². The first kappa shape index (κ1) is 19.1. The van der Waals surface area contributed by atoms with E-state index in [1.54, 1.807) is 0 Å². The molecule has 26 heavy (non-hydrogen) atoms. The maximum absolute atomic E-state index is 12.9. The molecule has 0 aliphatic heterocycles. The number of aromatic nitrogens is 1. The fourth-order valence-electron chi connectivity index (χ4n) is 4.37. The van der Waals surface area contributed by atoms with Crippen molar-refractivity contribution < 1.29 is 14.6 Å². The topological polar surface area (TPSA) is 59.4 Å². The minimum Gasteiger partial charge on any atom is -0.462 e. The van der Waals surface area contributed by atoms with Crippen molar-refractivity contribution >= 4 is 11.5 Å². The first-order valence-corrected chi connectivity index (χ1v) is 9.86. The van der Waals surface area contributed by atoms with Crippen LogP contribution in [0.5, 0.6) is 0 Å². The van der Waals surface area contributed by atoms with E-state index in [4.69, 9.17) is 9.72 Å². The molecule has 142 valence electrons. The first-order chi connectivity index (χ1) is 12.2. The highest BCUT2D eigenvalue weighted by molar-refractivity contribution is 5.98. The van der Waals surface area contributed by atoms with Gasteiger partial charge in [-0.05, 0) is 55.9 Å². The summed E-state index contributed by atoms with van der Waals surface area (Å²) < 4.78 is 5.40. The molecule has 0 amide bonds. The van der Waals surface area contributed by atoms with Crippen LogP contribution in [0.25, 0.3) is 5.57 Å². The Bertz CT molecular complexity index is 746. The van der Waals surface area contributed by atoms with E-state index in [9.17, 15) is 9.90 Å². The summed E-state index contributed by atoms with van der Waals surface area (Å²) >= 11 is 0. The zero-order valence-corrected chi connectivity index (χ0v) is 16.7. The Hall–Kier alpha value is -1.68. The lowest BCUT2D eigenvalue weighted by atomic mass is 9.72. The third kappa shape index (κ3) is 3.44. The average Bonchev–Trinajstić information content (AvgIpc) is 3.06. The number of carbonyl (C=O) groups excluding carboxylic acids is 1. The van der Waals surface area contributed by atoms with Crippen molar-refractivity contribution in [2.45, 2.75) is 78.7 Å². The second kappa shape index (κ2) is 7.15. The molecule has 0 fully saturated rings. The third-order valence-corrected chi connectivity index (χ3v) is 5.46. The first-order valence-electron chi connectivity index (χ1n) is 9.86. The molecule has 3 rings (SSSR count). The number of ether oxygens (including phenoxy) is 1. The highest BCUT2D eigenvalue weighted by Gasteiger charge is 2.38. The molecule has 0 aromatic carbocycles. The lowest BCUT2D eigenvalue weighted by molar-refractivity contribution is 0.0522. The predicted octanol–water partition coefficient (Wildman–Crippen LogP) is 4.95. The van der Waals surface area contributed by atoms with E-state index in [1.165, 1.54) is 5.57 Å². The molecular weight excluding hydrogens is 326 g/mol. The van der Waals surface area contributed by atoms with Crippen molar-refractivity contribution in [3.63, 3.8) is 0 Å². The summed E-state index contributed by atoms with van der Waals surface area (Å²) in [7, 11) is 0. The van der Waals surface area contributed by atoms with Crippen LogP contribution in [0.15, 0.2) is 6.08 Å². The van der Waals surface area contributed by atoms with Crippen molar-refractivity contribution in [3.8, 4) is 0 Å². The number of rotatable bonds is 4. The number of fused-ring (bicyclic) bond motifs is 1.